The molecule has 174 valence electrons. The quantitative estimate of drug-likeness (QED) is 0.421. The topological polar surface area (TPSA) is 69.6 Å². The molecule has 0 saturated carbocycles. The Morgan fingerprint density at radius 2 is 1.88 bits per heavy atom. The zero-order chi connectivity index (χ0) is 24.3. The van der Waals surface area contributed by atoms with Crippen LogP contribution in [0.1, 0.15) is 50.8 Å². The molecular formula is C24H22F4N2O3. The van der Waals surface area contributed by atoms with Gasteiger partial charge in [-0.05, 0) is 36.1 Å². The van der Waals surface area contributed by atoms with Crippen LogP contribution in [-0.2, 0) is 15.8 Å². The molecule has 9 heteroatoms. The van der Waals surface area contributed by atoms with Gasteiger partial charge in [0.1, 0.15) is 17.3 Å². The number of phenols is 1. The van der Waals surface area contributed by atoms with Gasteiger partial charge in [0, 0.05) is 30.2 Å². The Labute approximate surface area is 187 Å². The van der Waals surface area contributed by atoms with Crippen molar-refractivity contribution in [2.45, 2.75) is 45.8 Å². The summed E-state index contributed by atoms with van der Waals surface area (Å²) >= 11 is 0. The molecule has 2 N–H and O–H groups in total. The number of nitrogens with zero attached hydrogens (tertiary/aromatic N) is 1. The van der Waals surface area contributed by atoms with E-state index in [1.54, 1.807) is 0 Å². The van der Waals surface area contributed by atoms with Crippen molar-refractivity contribution in [1.82, 2.24) is 0 Å². The Morgan fingerprint density at radius 3 is 2.48 bits per heavy atom. The number of alkyl halides is 3. The number of hydrogen-bond donors (Lipinski definition) is 2. The first-order valence-corrected chi connectivity index (χ1v) is 10.3. The Morgan fingerprint density at radius 1 is 1.18 bits per heavy atom. The van der Waals surface area contributed by atoms with Gasteiger partial charge in [0.05, 0.1) is 17.3 Å². The van der Waals surface area contributed by atoms with E-state index >= 15 is 4.39 Å². The number of anilines is 2. The fourth-order valence-electron chi connectivity index (χ4n) is 4.61. The minimum atomic E-state index is -4.75. The first-order valence-electron chi connectivity index (χ1n) is 10.3. The minimum absolute atomic E-state index is 0.0961. The molecule has 4 rings (SSSR count). The van der Waals surface area contributed by atoms with Crippen LogP contribution < -0.4 is 10.2 Å². The smallest absolute Gasteiger partial charge is 0.416 e. The highest BCUT2D eigenvalue weighted by Gasteiger charge is 2.44. The summed E-state index contributed by atoms with van der Waals surface area (Å²) in [5.41, 5.74) is -1.02. The van der Waals surface area contributed by atoms with Gasteiger partial charge in [0.2, 0.25) is 5.91 Å². The number of para-hydroxylation sites is 1. The summed E-state index contributed by atoms with van der Waals surface area (Å²) in [6.07, 6.45) is -4.29. The summed E-state index contributed by atoms with van der Waals surface area (Å²) in [6, 6.07) is 5.17. The predicted octanol–water partition coefficient (Wildman–Crippen LogP) is 5.71. The maximum atomic E-state index is 15.2. The highest BCUT2D eigenvalue weighted by molar-refractivity contribution is 6.06. The average molecular weight is 462 g/mol. The van der Waals surface area contributed by atoms with Crippen LogP contribution in [0.4, 0.5) is 28.9 Å². The molecule has 0 saturated heterocycles. The van der Waals surface area contributed by atoms with Gasteiger partial charge in [-0.3, -0.25) is 14.5 Å². The third-order valence-electron chi connectivity index (χ3n) is 5.97. The summed E-state index contributed by atoms with van der Waals surface area (Å²) in [4.78, 5) is 27.3. The van der Waals surface area contributed by atoms with E-state index in [2.05, 4.69) is 5.32 Å². The highest BCUT2D eigenvalue weighted by Crippen LogP contribution is 2.50. The number of carbonyl (C=O) groups excluding carboxylic acids is 2. The number of nitrogens with one attached hydrogen (secondary N) is 1. The van der Waals surface area contributed by atoms with Crippen LogP contribution in [0.3, 0.4) is 0 Å². The van der Waals surface area contributed by atoms with Gasteiger partial charge in [0.25, 0.3) is 0 Å². The Kier molecular flexibility index (Phi) is 5.26. The lowest BCUT2D eigenvalue weighted by molar-refractivity contribution is -0.137. The number of Topliss-reactive ketones (excluding diaryl/α,β-unsaturated/α-hetero) is 1. The summed E-state index contributed by atoms with van der Waals surface area (Å²) in [5, 5.41) is 13.6. The number of ketones is 1. The second-order valence-electron chi connectivity index (χ2n) is 9.16. The number of carbonyl (C=O) groups is 2. The number of benzene rings is 2. The van der Waals surface area contributed by atoms with Crippen molar-refractivity contribution in [3.8, 4) is 5.75 Å². The average Bonchev–Trinajstić information content (AvgIpc) is 2.81. The molecule has 0 fully saturated rings. The lowest BCUT2D eigenvalue weighted by Gasteiger charge is -2.37. The van der Waals surface area contributed by atoms with Crippen molar-refractivity contribution in [2.24, 2.45) is 5.41 Å². The molecule has 0 bridgehead atoms. The van der Waals surface area contributed by atoms with Gasteiger partial charge in [-0.1, -0.05) is 26.0 Å². The van der Waals surface area contributed by atoms with Gasteiger partial charge in [0.15, 0.2) is 5.78 Å². The molecule has 1 atom stereocenters. The van der Waals surface area contributed by atoms with Crippen LogP contribution in [0, 0.1) is 11.2 Å². The predicted molar refractivity (Wildman–Crippen MR) is 114 cm³/mol. The fraction of sp³-hybridized carbons (Fsp3) is 0.333. The molecule has 2 aromatic rings. The number of allylic oxidation sites excluding steroid dienone is 1. The number of rotatable bonds is 1. The Bertz CT molecular complexity index is 1200. The van der Waals surface area contributed by atoms with Gasteiger partial charge in [-0.2, -0.15) is 13.2 Å². The summed E-state index contributed by atoms with van der Waals surface area (Å²) in [7, 11) is 0. The largest absolute Gasteiger partial charge is 0.506 e. The molecule has 5 nitrogen and oxygen atoms in total. The van der Waals surface area contributed by atoms with E-state index < -0.39 is 34.9 Å². The maximum Gasteiger partial charge on any atom is 0.416 e. The van der Waals surface area contributed by atoms with E-state index in [1.165, 1.54) is 25.1 Å². The first kappa shape index (κ1) is 22.8. The summed E-state index contributed by atoms with van der Waals surface area (Å²) in [6.45, 7) is 4.97. The second-order valence-corrected chi connectivity index (χ2v) is 9.16. The zero-order valence-electron chi connectivity index (χ0n) is 18.2. The minimum Gasteiger partial charge on any atom is -0.506 e. The van der Waals surface area contributed by atoms with E-state index in [-0.39, 0.29) is 40.5 Å². The number of hydrogen-bond acceptors (Lipinski definition) is 4. The molecule has 1 unspecified atom stereocenters. The lowest BCUT2D eigenvalue weighted by atomic mass is 9.73. The third-order valence-corrected chi connectivity index (χ3v) is 5.97. The first-order chi connectivity index (χ1) is 15.3. The van der Waals surface area contributed by atoms with Crippen molar-refractivity contribution in [1.29, 1.82) is 0 Å². The number of phenolic OH excluding ortho intramolecular Hbond substituents is 1. The van der Waals surface area contributed by atoms with Crippen molar-refractivity contribution in [2.75, 3.05) is 10.2 Å². The Balaban J connectivity index is 2.03. The number of halogens is 4. The van der Waals surface area contributed by atoms with E-state index in [4.69, 9.17) is 0 Å². The molecule has 2 aliphatic rings. The van der Waals surface area contributed by atoms with Gasteiger partial charge in [-0.25, -0.2) is 4.39 Å². The molecule has 1 aliphatic carbocycles. The standard InChI is InChI=1S/C24H22F4N2O3/c1-12(31)30-17-5-4-6-18(32)21(17)29-16-10-23(2,3)11-19(33)20(16)22(30)14-8-7-13(9-15(14)25)24(26,27)28/h4-9,22,29,32H,10-11H2,1-3H3. The molecule has 2 aromatic carbocycles. The molecule has 0 spiro atoms. The monoisotopic (exact) mass is 462 g/mol. The molecule has 0 aromatic heterocycles. The number of fused-ring (bicyclic) bond motifs is 1. The molecule has 33 heavy (non-hydrogen) atoms. The van der Waals surface area contributed by atoms with Crippen molar-refractivity contribution < 1.29 is 32.3 Å². The second kappa shape index (κ2) is 7.60. The van der Waals surface area contributed by atoms with E-state index in [0.29, 0.717) is 18.2 Å². The van der Waals surface area contributed by atoms with Crippen molar-refractivity contribution in [3.05, 3.63) is 64.6 Å². The molecule has 0 radical (unpaired) electrons. The van der Waals surface area contributed by atoms with E-state index in [9.17, 15) is 27.9 Å². The van der Waals surface area contributed by atoms with Crippen LogP contribution in [-0.4, -0.2) is 16.8 Å². The van der Waals surface area contributed by atoms with E-state index in [1.807, 2.05) is 13.8 Å². The third kappa shape index (κ3) is 3.96. The molecule has 1 aliphatic heterocycles. The molecule has 1 amide bonds. The number of aromatic hydroxyl groups is 1. The van der Waals surface area contributed by atoms with Gasteiger partial charge in [-0.15, -0.1) is 0 Å². The fourth-order valence-corrected chi connectivity index (χ4v) is 4.61. The number of amides is 1. The van der Waals surface area contributed by atoms with E-state index in [0.717, 1.165) is 17.0 Å². The Hall–Kier alpha value is -3.36. The molecule has 1 heterocycles. The lowest BCUT2D eigenvalue weighted by Crippen LogP contribution is -2.38. The summed E-state index contributed by atoms with van der Waals surface area (Å²) < 4.78 is 54.6. The van der Waals surface area contributed by atoms with Crippen LogP contribution in [0.25, 0.3) is 0 Å². The van der Waals surface area contributed by atoms with Gasteiger partial charge < -0.3 is 10.4 Å². The SMILES string of the molecule is CC(=O)N1c2cccc(O)c2NC2=C(C(=O)CC(C)(C)C2)C1c1ccc(C(F)(F)F)cc1F. The van der Waals surface area contributed by atoms with Crippen LogP contribution in [0.5, 0.6) is 5.75 Å². The van der Waals surface area contributed by atoms with Gasteiger partial charge >= 0.3 is 6.18 Å². The van der Waals surface area contributed by atoms with Crippen LogP contribution in [0.2, 0.25) is 0 Å². The maximum absolute atomic E-state index is 15.2. The van der Waals surface area contributed by atoms with Crippen molar-refractivity contribution in [3.63, 3.8) is 0 Å². The zero-order valence-corrected chi connectivity index (χ0v) is 18.2. The highest BCUT2D eigenvalue weighted by atomic mass is 19.4. The normalized spacial score (nSPS) is 20.0. The van der Waals surface area contributed by atoms with Crippen LogP contribution in [0.15, 0.2) is 47.7 Å². The van der Waals surface area contributed by atoms with Crippen molar-refractivity contribution >= 4 is 23.1 Å². The summed E-state index contributed by atoms with van der Waals surface area (Å²) in [5.74, 6) is -2.29. The molecular weight excluding hydrogens is 440 g/mol. The van der Waals surface area contributed by atoms with Crippen LogP contribution >= 0.6 is 0 Å².